The molecule has 1 heterocycles. The van der Waals surface area contributed by atoms with Crippen LogP contribution in [0.2, 0.25) is 0 Å². The van der Waals surface area contributed by atoms with Gasteiger partial charge in [0, 0.05) is 19.2 Å². The Labute approximate surface area is 116 Å². The number of hydrogen-bond donors (Lipinski definition) is 1. The molecule has 1 N–H and O–H groups in total. The van der Waals surface area contributed by atoms with Gasteiger partial charge in [0.2, 0.25) is 0 Å². The number of rotatable bonds is 2. The van der Waals surface area contributed by atoms with E-state index >= 15 is 0 Å². The van der Waals surface area contributed by atoms with Crippen LogP contribution in [0.1, 0.15) is 30.9 Å². The monoisotopic (exact) mass is 270 g/mol. The average molecular weight is 270 g/mol. The van der Waals surface area contributed by atoms with E-state index in [2.05, 4.69) is 10.2 Å². The SMILES string of the molecule is CC1=C(CCO)c2cc(F)ccc2/C1=C1\C=NN=CC1. The summed E-state index contributed by atoms with van der Waals surface area (Å²) >= 11 is 0. The van der Waals surface area contributed by atoms with Crippen LogP contribution in [0, 0.1) is 5.82 Å². The van der Waals surface area contributed by atoms with E-state index in [9.17, 15) is 9.50 Å². The van der Waals surface area contributed by atoms with Crippen molar-refractivity contribution in [2.24, 2.45) is 10.2 Å². The highest BCUT2D eigenvalue weighted by Crippen LogP contribution is 2.44. The number of aliphatic hydroxyl groups excluding tert-OH is 1. The lowest BCUT2D eigenvalue weighted by atomic mass is 9.96. The highest BCUT2D eigenvalue weighted by molar-refractivity contribution is 6.08. The third-order valence-corrected chi connectivity index (χ3v) is 3.76. The van der Waals surface area contributed by atoms with Crippen LogP contribution in [-0.4, -0.2) is 24.1 Å². The molecule has 4 heteroatoms. The van der Waals surface area contributed by atoms with E-state index < -0.39 is 0 Å². The van der Waals surface area contributed by atoms with Crippen molar-refractivity contribution in [2.75, 3.05) is 6.61 Å². The molecule has 20 heavy (non-hydrogen) atoms. The predicted octanol–water partition coefficient (Wildman–Crippen LogP) is 3.21. The quantitative estimate of drug-likeness (QED) is 0.881. The Balaban J connectivity index is 2.22. The Bertz CT molecular complexity index is 684. The molecule has 102 valence electrons. The summed E-state index contributed by atoms with van der Waals surface area (Å²) in [6.45, 7) is 2.08. The summed E-state index contributed by atoms with van der Waals surface area (Å²) in [7, 11) is 0. The minimum Gasteiger partial charge on any atom is -0.396 e. The molecule has 3 rings (SSSR count). The van der Waals surface area contributed by atoms with Gasteiger partial charge >= 0.3 is 0 Å². The molecule has 0 unspecified atom stereocenters. The molecule has 0 amide bonds. The molecule has 1 aromatic carbocycles. The molecule has 2 aliphatic rings. The van der Waals surface area contributed by atoms with Gasteiger partial charge in [-0.15, -0.1) is 0 Å². The molecule has 0 fully saturated rings. The molecule has 3 nitrogen and oxygen atoms in total. The van der Waals surface area contributed by atoms with Crippen molar-refractivity contribution in [3.8, 4) is 0 Å². The Morgan fingerprint density at radius 1 is 1.25 bits per heavy atom. The van der Waals surface area contributed by atoms with Gasteiger partial charge in [0.15, 0.2) is 0 Å². The summed E-state index contributed by atoms with van der Waals surface area (Å²) in [5.41, 5.74) is 6.19. The van der Waals surface area contributed by atoms with Crippen molar-refractivity contribution in [1.82, 2.24) is 0 Å². The fourth-order valence-electron chi connectivity index (χ4n) is 2.90. The van der Waals surface area contributed by atoms with E-state index in [1.807, 2.05) is 6.92 Å². The lowest BCUT2D eigenvalue weighted by Crippen LogP contribution is -1.97. The van der Waals surface area contributed by atoms with Crippen LogP contribution in [0.3, 0.4) is 0 Å². The van der Waals surface area contributed by atoms with Gasteiger partial charge < -0.3 is 5.11 Å². The molecule has 0 radical (unpaired) electrons. The van der Waals surface area contributed by atoms with E-state index in [1.165, 1.54) is 6.07 Å². The van der Waals surface area contributed by atoms with Crippen molar-refractivity contribution < 1.29 is 9.50 Å². The molecule has 0 saturated carbocycles. The van der Waals surface area contributed by atoms with Gasteiger partial charge in [-0.05, 0) is 58.9 Å². The van der Waals surface area contributed by atoms with Crippen LogP contribution in [0.5, 0.6) is 0 Å². The van der Waals surface area contributed by atoms with E-state index in [-0.39, 0.29) is 12.4 Å². The van der Waals surface area contributed by atoms with E-state index in [0.29, 0.717) is 6.42 Å². The first kappa shape index (κ1) is 12.9. The van der Waals surface area contributed by atoms with E-state index in [4.69, 9.17) is 0 Å². The molecular formula is C16H15FN2O. The van der Waals surface area contributed by atoms with Gasteiger partial charge in [0.1, 0.15) is 5.82 Å². The Hall–Kier alpha value is -2.07. The summed E-state index contributed by atoms with van der Waals surface area (Å²) in [4.78, 5) is 0. The van der Waals surface area contributed by atoms with Gasteiger partial charge in [0.25, 0.3) is 0 Å². The molecule has 1 aromatic rings. The second-order valence-corrected chi connectivity index (χ2v) is 4.91. The number of hydrogen-bond acceptors (Lipinski definition) is 3. The predicted molar refractivity (Wildman–Crippen MR) is 79.2 cm³/mol. The zero-order valence-electron chi connectivity index (χ0n) is 11.2. The third-order valence-electron chi connectivity index (χ3n) is 3.76. The fourth-order valence-corrected chi connectivity index (χ4v) is 2.90. The number of benzene rings is 1. The number of fused-ring (bicyclic) bond motifs is 1. The molecule has 0 bridgehead atoms. The van der Waals surface area contributed by atoms with Crippen LogP contribution in [0.4, 0.5) is 4.39 Å². The van der Waals surface area contributed by atoms with Crippen LogP contribution < -0.4 is 0 Å². The highest BCUT2D eigenvalue weighted by Gasteiger charge is 2.26. The van der Waals surface area contributed by atoms with Crippen molar-refractivity contribution >= 4 is 23.6 Å². The lowest BCUT2D eigenvalue weighted by Gasteiger charge is -2.09. The highest BCUT2D eigenvalue weighted by atomic mass is 19.1. The molecular weight excluding hydrogens is 255 g/mol. The second-order valence-electron chi connectivity index (χ2n) is 4.91. The minimum atomic E-state index is -0.253. The molecule has 1 aliphatic heterocycles. The Morgan fingerprint density at radius 3 is 2.80 bits per heavy atom. The van der Waals surface area contributed by atoms with Gasteiger partial charge in [-0.25, -0.2) is 4.39 Å². The standard InChI is InChI=1S/C16H15FN2O/c1-10-13(5-7-20)15-8-12(17)2-3-14(15)16(10)11-4-6-18-19-9-11/h2-3,6,8-9,20H,4-5,7H2,1H3/b16-11-. The number of halogens is 1. The minimum absolute atomic E-state index is 0.0563. The number of allylic oxidation sites excluding steroid dienone is 3. The first-order valence-corrected chi connectivity index (χ1v) is 6.61. The zero-order chi connectivity index (χ0) is 14.1. The number of aliphatic hydroxyl groups is 1. The normalized spacial score (nSPS) is 20.8. The van der Waals surface area contributed by atoms with E-state index in [0.717, 1.165) is 39.8 Å². The molecule has 0 atom stereocenters. The second kappa shape index (κ2) is 5.13. The van der Waals surface area contributed by atoms with Crippen molar-refractivity contribution in [3.63, 3.8) is 0 Å². The summed E-state index contributed by atoms with van der Waals surface area (Å²) in [5.74, 6) is -0.253. The van der Waals surface area contributed by atoms with Crippen molar-refractivity contribution in [2.45, 2.75) is 19.8 Å². The Morgan fingerprint density at radius 2 is 2.10 bits per heavy atom. The van der Waals surface area contributed by atoms with Crippen LogP contribution >= 0.6 is 0 Å². The fraction of sp³-hybridized carbons (Fsp3) is 0.250. The van der Waals surface area contributed by atoms with Crippen LogP contribution in [-0.2, 0) is 0 Å². The molecule has 1 aliphatic carbocycles. The largest absolute Gasteiger partial charge is 0.396 e. The van der Waals surface area contributed by atoms with Gasteiger partial charge in [0.05, 0.1) is 6.21 Å². The third kappa shape index (κ3) is 2.02. The number of nitrogens with zero attached hydrogens (tertiary/aromatic N) is 2. The van der Waals surface area contributed by atoms with Crippen LogP contribution in [0.15, 0.2) is 39.5 Å². The topological polar surface area (TPSA) is 45.0 Å². The van der Waals surface area contributed by atoms with Crippen molar-refractivity contribution in [3.05, 3.63) is 46.3 Å². The Kier molecular flexibility index (Phi) is 3.32. The van der Waals surface area contributed by atoms with Gasteiger partial charge in [-0.1, -0.05) is 6.07 Å². The smallest absolute Gasteiger partial charge is 0.123 e. The summed E-state index contributed by atoms with van der Waals surface area (Å²) < 4.78 is 13.5. The van der Waals surface area contributed by atoms with E-state index in [1.54, 1.807) is 24.6 Å². The zero-order valence-corrected chi connectivity index (χ0v) is 11.2. The summed E-state index contributed by atoms with van der Waals surface area (Å²) in [6, 6.07) is 4.83. The maximum absolute atomic E-state index is 13.5. The maximum Gasteiger partial charge on any atom is 0.123 e. The molecule has 0 spiro atoms. The van der Waals surface area contributed by atoms with Crippen LogP contribution in [0.25, 0.3) is 11.1 Å². The maximum atomic E-state index is 13.5. The summed E-state index contributed by atoms with van der Waals surface area (Å²) in [6.07, 6.45) is 4.78. The van der Waals surface area contributed by atoms with Crippen molar-refractivity contribution in [1.29, 1.82) is 0 Å². The van der Waals surface area contributed by atoms with Gasteiger partial charge in [-0.3, -0.25) is 0 Å². The van der Waals surface area contributed by atoms with Gasteiger partial charge in [-0.2, -0.15) is 10.2 Å². The first-order chi connectivity index (χ1) is 9.72. The summed E-state index contributed by atoms with van der Waals surface area (Å²) in [5, 5.41) is 17.0. The molecule has 0 aromatic heterocycles. The lowest BCUT2D eigenvalue weighted by molar-refractivity contribution is 0.305. The molecule has 0 saturated heterocycles. The average Bonchev–Trinajstić information content (AvgIpc) is 2.73. The first-order valence-electron chi connectivity index (χ1n) is 6.61.